The molecule has 0 aromatic rings. The van der Waals surface area contributed by atoms with Gasteiger partial charge in [0.15, 0.2) is 0 Å². The molecule has 0 N–H and O–H groups in total. The third-order valence-corrected chi connectivity index (χ3v) is 0.978. The van der Waals surface area contributed by atoms with Crippen LogP contribution in [-0.2, 0) is 0 Å². The van der Waals surface area contributed by atoms with Crippen LogP contribution in [0.3, 0.4) is 0 Å². The van der Waals surface area contributed by atoms with Crippen LogP contribution in [0.25, 0.3) is 0 Å². The third-order valence-electron chi connectivity index (χ3n) is 0.978. The van der Waals surface area contributed by atoms with Crippen molar-refractivity contribution in [3.63, 3.8) is 0 Å². The first-order valence-electron chi connectivity index (χ1n) is 2.84. The van der Waals surface area contributed by atoms with Gasteiger partial charge in [-0.2, -0.15) is 0 Å². The van der Waals surface area contributed by atoms with Crippen LogP contribution in [0.4, 0.5) is 0 Å². The Hall–Kier alpha value is -0.740. The summed E-state index contributed by atoms with van der Waals surface area (Å²) >= 11 is 0. The van der Waals surface area contributed by atoms with E-state index >= 15 is 0 Å². The van der Waals surface area contributed by atoms with E-state index in [-0.39, 0.29) is 0 Å². The highest BCUT2D eigenvalue weighted by Crippen LogP contribution is 1.93. The molecule has 0 heterocycles. The van der Waals surface area contributed by atoms with Gasteiger partial charge in [-0.3, -0.25) is 0 Å². The Morgan fingerprint density at radius 2 is 2.38 bits per heavy atom. The molecule has 0 fully saturated rings. The van der Waals surface area contributed by atoms with Crippen molar-refractivity contribution < 1.29 is 0 Å². The largest absolute Gasteiger partial charge is 0.122 e. The maximum absolute atomic E-state index is 3.54. The standard InChI is InChI=1S/C8H12/c1-4-6-7-8(3)5-2/h4,6H,1,5H2,2-3H3. The summed E-state index contributed by atoms with van der Waals surface area (Å²) in [5, 5.41) is 0. The molecule has 0 bridgehead atoms. The molecule has 0 unspecified atom stereocenters. The molecule has 0 aromatic carbocycles. The van der Waals surface area contributed by atoms with Crippen LogP contribution in [0.2, 0.25) is 0 Å². The summed E-state index contributed by atoms with van der Waals surface area (Å²) in [5.74, 6) is 0. The van der Waals surface area contributed by atoms with E-state index in [2.05, 4.69) is 26.2 Å². The van der Waals surface area contributed by atoms with E-state index < -0.39 is 0 Å². The van der Waals surface area contributed by atoms with Crippen molar-refractivity contribution in [1.29, 1.82) is 0 Å². The Bertz CT molecular complexity index is 123. The lowest BCUT2D eigenvalue weighted by atomic mass is 10.2. The summed E-state index contributed by atoms with van der Waals surface area (Å²) in [5.41, 5.74) is 4.32. The molecule has 0 aliphatic carbocycles. The molecular weight excluding hydrogens is 96.1 g/mol. The van der Waals surface area contributed by atoms with E-state index in [0.29, 0.717) is 0 Å². The normalized spacial score (nSPS) is 7.25. The molecule has 0 nitrogen and oxygen atoms in total. The van der Waals surface area contributed by atoms with Crippen LogP contribution < -0.4 is 0 Å². The fourth-order valence-corrected chi connectivity index (χ4v) is 0.303. The average Bonchev–Trinajstić information content (AvgIpc) is 1.83. The second-order valence-electron chi connectivity index (χ2n) is 1.68. The molecule has 0 saturated carbocycles. The van der Waals surface area contributed by atoms with Crippen LogP contribution >= 0.6 is 0 Å². The minimum Gasteiger partial charge on any atom is -0.122 e. The third kappa shape index (κ3) is 3.45. The van der Waals surface area contributed by atoms with Gasteiger partial charge in [0, 0.05) is 0 Å². The van der Waals surface area contributed by atoms with Gasteiger partial charge in [-0.25, -0.2) is 0 Å². The molecule has 0 aliphatic rings. The quantitative estimate of drug-likeness (QED) is 0.377. The Kier molecular flexibility index (Phi) is 4.01. The number of rotatable bonds is 2. The second kappa shape index (κ2) is 4.42. The van der Waals surface area contributed by atoms with Gasteiger partial charge in [0.25, 0.3) is 0 Å². The molecular formula is C8H12. The zero-order valence-corrected chi connectivity index (χ0v) is 5.57. The fourth-order valence-electron chi connectivity index (χ4n) is 0.303. The lowest BCUT2D eigenvalue weighted by molar-refractivity contribution is 1.10. The van der Waals surface area contributed by atoms with Crippen molar-refractivity contribution in [3.05, 3.63) is 30.0 Å². The van der Waals surface area contributed by atoms with Crippen LogP contribution in [0.5, 0.6) is 0 Å². The number of hydrogen-bond donors (Lipinski definition) is 0. The van der Waals surface area contributed by atoms with Gasteiger partial charge in [0.1, 0.15) is 0 Å². The van der Waals surface area contributed by atoms with E-state index in [0.717, 1.165) is 6.42 Å². The fraction of sp³-hybridized carbons (Fsp3) is 0.375. The molecule has 0 rings (SSSR count). The molecule has 0 aliphatic heterocycles. The summed E-state index contributed by atoms with van der Waals surface area (Å²) in [4.78, 5) is 0. The van der Waals surface area contributed by atoms with Crippen LogP contribution in [0.15, 0.2) is 30.0 Å². The van der Waals surface area contributed by atoms with Gasteiger partial charge in [-0.15, -0.1) is 5.73 Å². The van der Waals surface area contributed by atoms with Gasteiger partial charge in [0.05, 0.1) is 0 Å². The average molecular weight is 108 g/mol. The summed E-state index contributed by atoms with van der Waals surface area (Å²) < 4.78 is 0. The zero-order chi connectivity index (χ0) is 6.41. The molecule has 0 aromatic heterocycles. The van der Waals surface area contributed by atoms with Crippen molar-refractivity contribution >= 4 is 0 Å². The highest BCUT2D eigenvalue weighted by Gasteiger charge is 1.73. The maximum Gasteiger partial charge on any atom is -0.0206 e. The highest BCUT2D eigenvalue weighted by molar-refractivity contribution is 5.03. The van der Waals surface area contributed by atoms with Gasteiger partial charge < -0.3 is 0 Å². The van der Waals surface area contributed by atoms with E-state index in [4.69, 9.17) is 0 Å². The molecule has 0 heteroatoms. The van der Waals surface area contributed by atoms with Gasteiger partial charge >= 0.3 is 0 Å². The first-order chi connectivity index (χ1) is 3.81. The smallest absolute Gasteiger partial charge is 0.0206 e. The Morgan fingerprint density at radius 1 is 1.75 bits per heavy atom. The lowest BCUT2D eigenvalue weighted by Crippen LogP contribution is -1.62. The molecule has 0 atom stereocenters. The van der Waals surface area contributed by atoms with E-state index in [1.165, 1.54) is 5.57 Å². The Morgan fingerprint density at radius 3 is 2.75 bits per heavy atom. The molecule has 44 valence electrons. The summed E-state index contributed by atoms with van der Waals surface area (Å²) in [6.07, 6.45) is 4.64. The van der Waals surface area contributed by atoms with Gasteiger partial charge in [0.2, 0.25) is 0 Å². The summed E-state index contributed by atoms with van der Waals surface area (Å²) in [6.45, 7) is 7.70. The van der Waals surface area contributed by atoms with Gasteiger partial charge in [-0.1, -0.05) is 19.6 Å². The van der Waals surface area contributed by atoms with Gasteiger partial charge in [-0.05, 0) is 25.0 Å². The van der Waals surface area contributed by atoms with Crippen LogP contribution in [0.1, 0.15) is 20.3 Å². The lowest BCUT2D eigenvalue weighted by Gasteiger charge is -1.82. The Labute approximate surface area is 51.2 Å². The molecule has 8 heavy (non-hydrogen) atoms. The van der Waals surface area contributed by atoms with Crippen molar-refractivity contribution in [3.8, 4) is 0 Å². The molecule has 0 amide bonds. The second-order valence-corrected chi connectivity index (χ2v) is 1.68. The molecule has 0 spiro atoms. The predicted octanol–water partition coefficient (Wildman–Crippen LogP) is 2.68. The first-order valence-corrected chi connectivity index (χ1v) is 2.84. The molecule has 0 saturated heterocycles. The first kappa shape index (κ1) is 7.26. The maximum atomic E-state index is 3.54. The monoisotopic (exact) mass is 108 g/mol. The Balaban J connectivity index is 3.90. The zero-order valence-electron chi connectivity index (χ0n) is 5.57. The SMILES string of the molecule is C=CC=C=C(C)CC. The van der Waals surface area contributed by atoms with E-state index in [1.807, 2.05) is 6.08 Å². The number of hydrogen-bond acceptors (Lipinski definition) is 0. The van der Waals surface area contributed by atoms with E-state index in [9.17, 15) is 0 Å². The van der Waals surface area contributed by atoms with E-state index in [1.54, 1.807) is 6.08 Å². The van der Waals surface area contributed by atoms with Crippen molar-refractivity contribution in [2.24, 2.45) is 0 Å². The van der Waals surface area contributed by atoms with Crippen LogP contribution in [-0.4, -0.2) is 0 Å². The summed E-state index contributed by atoms with van der Waals surface area (Å²) in [7, 11) is 0. The topological polar surface area (TPSA) is 0 Å². The minimum absolute atomic E-state index is 1.07. The minimum atomic E-state index is 1.07. The predicted molar refractivity (Wildman–Crippen MR) is 37.8 cm³/mol. The van der Waals surface area contributed by atoms with Crippen LogP contribution in [0, 0.1) is 0 Å². The van der Waals surface area contributed by atoms with Crippen molar-refractivity contribution in [2.75, 3.05) is 0 Å². The van der Waals surface area contributed by atoms with Crippen molar-refractivity contribution in [1.82, 2.24) is 0 Å². The summed E-state index contributed by atoms with van der Waals surface area (Å²) in [6, 6.07) is 0. The van der Waals surface area contributed by atoms with Crippen molar-refractivity contribution in [2.45, 2.75) is 20.3 Å². The highest BCUT2D eigenvalue weighted by atomic mass is 13.8. The molecule has 0 radical (unpaired) electrons. The number of allylic oxidation sites excluding steroid dienone is 2.